The van der Waals surface area contributed by atoms with Gasteiger partial charge < -0.3 is 0 Å². The summed E-state index contributed by atoms with van der Waals surface area (Å²) in [6.07, 6.45) is 0. The molecule has 5 heteroatoms. The second-order valence-electron chi connectivity index (χ2n) is 1.45. The van der Waals surface area contributed by atoms with Crippen molar-refractivity contribution >= 4 is 0 Å². The fraction of sp³-hybridized carbons (Fsp3) is 1.00. The lowest BCUT2D eigenvalue weighted by Gasteiger charge is -1.93. The van der Waals surface area contributed by atoms with Gasteiger partial charge in [0.05, 0.1) is 0 Å². The average Bonchev–Trinajstić information content (AvgIpc) is 1.67. The van der Waals surface area contributed by atoms with Gasteiger partial charge in [0.2, 0.25) is 6.04 Å². The molecular formula is C3H6N2O3. The van der Waals surface area contributed by atoms with Crippen LogP contribution >= 0.6 is 0 Å². The van der Waals surface area contributed by atoms with Crippen LogP contribution in [-0.4, -0.2) is 17.5 Å². The van der Waals surface area contributed by atoms with Gasteiger partial charge in [0.1, 0.15) is 6.54 Å². The summed E-state index contributed by atoms with van der Waals surface area (Å²) < 4.78 is 0. The second-order valence-corrected chi connectivity index (χ2v) is 1.45. The van der Waals surface area contributed by atoms with Crippen molar-refractivity contribution < 1.29 is 4.92 Å². The van der Waals surface area contributed by atoms with Gasteiger partial charge in [0.25, 0.3) is 0 Å². The first-order chi connectivity index (χ1) is 3.68. The van der Waals surface area contributed by atoms with Crippen molar-refractivity contribution in [2.24, 2.45) is 5.18 Å². The van der Waals surface area contributed by atoms with E-state index in [1.165, 1.54) is 6.92 Å². The van der Waals surface area contributed by atoms with Crippen LogP contribution in [0.5, 0.6) is 0 Å². The fourth-order valence-corrected chi connectivity index (χ4v) is 0.175. The molecule has 0 spiro atoms. The molecular weight excluding hydrogens is 112 g/mol. The Bertz CT molecular complexity index is 103. The maximum absolute atomic E-state index is 9.70. The van der Waals surface area contributed by atoms with E-state index in [-0.39, 0.29) is 6.54 Å². The van der Waals surface area contributed by atoms with E-state index in [9.17, 15) is 15.0 Å². The molecule has 0 fully saturated rings. The molecule has 0 aliphatic rings. The molecule has 0 saturated heterocycles. The van der Waals surface area contributed by atoms with Gasteiger partial charge in [0, 0.05) is 11.8 Å². The molecule has 0 radical (unpaired) electrons. The van der Waals surface area contributed by atoms with Crippen molar-refractivity contribution in [1.29, 1.82) is 0 Å². The summed E-state index contributed by atoms with van der Waals surface area (Å²) >= 11 is 0. The Morgan fingerprint density at radius 2 is 2.38 bits per heavy atom. The average molecular weight is 118 g/mol. The predicted molar refractivity (Wildman–Crippen MR) is 27.1 cm³/mol. The van der Waals surface area contributed by atoms with Gasteiger partial charge >= 0.3 is 0 Å². The quantitative estimate of drug-likeness (QED) is 0.306. The Labute approximate surface area is 45.8 Å². The van der Waals surface area contributed by atoms with Crippen molar-refractivity contribution in [3.05, 3.63) is 15.0 Å². The van der Waals surface area contributed by atoms with Crippen LogP contribution in [0.3, 0.4) is 0 Å². The highest BCUT2D eigenvalue weighted by molar-refractivity contribution is 4.49. The molecule has 0 saturated carbocycles. The Morgan fingerprint density at radius 3 is 2.50 bits per heavy atom. The van der Waals surface area contributed by atoms with Crippen molar-refractivity contribution in [3.63, 3.8) is 0 Å². The van der Waals surface area contributed by atoms with Crippen LogP contribution in [-0.2, 0) is 0 Å². The van der Waals surface area contributed by atoms with Crippen molar-refractivity contribution in [1.82, 2.24) is 0 Å². The van der Waals surface area contributed by atoms with E-state index in [2.05, 4.69) is 5.18 Å². The van der Waals surface area contributed by atoms with E-state index < -0.39 is 11.0 Å². The minimum absolute atomic E-state index is 0.243. The van der Waals surface area contributed by atoms with E-state index in [4.69, 9.17) is 0 Å². The molecule has 8 heavy (non-hydrogen) atoms. The zero-order chi connectivity index (χ0) is 6.57. The number of hydrogen-bond acceptors (Lipinski definition) is 4. The highest BCUT2D eigenvalue weighted by Gasteiger charge is 2.10. The molecule has 5 nitrogen and oxygen atoms in total. The monoisotopic (exact) mass is 118 g/mol. The Kier molecular flexibility index (Phi) is 2.68. The summed E-state index contributed by atoms with van der Waals surface area (Å²) in [5.74, 6) is 0. The van der Waals surface area contributed by atoms with Crippen molar-refractivity contribution in [2.75, 3.05) is 6.54 Å². The largest absolute Gasteiger partial charge is 0.264 e. The molecule has 0 aromatic carbocycles. The molecule has 0 aliphatic carbocycles. The van der Waals surface area contributed by atoms with Gasteiger partial charge in [-0.25, -0.2) is 0 Å². The minimum atomic E-state index is -0.840. The van der Waals surface area contributed by atoms with Gasteiger partial charge in [-0.2, -0.15) is 4.91 Å². The Morgan fingerprint density at radius 1 is 1.88 bits per heavy atom. The maximum atomic E-state index is 9.70. The van der Waals surface area contributed by atoms with Crippen LogP contribution in [0.4, 0.5) is 0 Å². The summed E-state index contributed by atoms with van der Waals surface area (Å²) in [5.41, 5.74) is 0. The summed E-state index contributed by atoms with van der Waals surface area (Å²) in [4.78, 5) is 18.5. The normalized spacial score (nSPS) is 12.6. The first kappa shape index (κ1) is 7.00. The predicted octanol–water partition coefficient (Wildman–Crippen LogP) is 0.418. The van der Waals surface area contributed by atoms with E-state index >= 15 is 0 Å². The fourth-order valence-electron chi connectivity index (χ4n) is 0.175. The van der Waals surface area contributed by atoms with Gasteiger partial charge in [0.15, 0.2) is 0 Å². The molecule has 0 aromatic rings. The van der Waals surface area contributed by atoms with Crippen LogP contribution in [0.1, 0.15) is 6.92 Å². The smallest absolute Gasteiger partial charge is 0.233 e. The topological polar surface area (TPSA) is 72.6 Å². The third kappa shape index (κ3) is 2.22. The lowest BCUT2D eigenvalue weighted by molar-refractivity contribution is -0.514. The highest BCUT2D eigenvalue weighted by Crippen LogP contribution is 1.86. The van der Waals surface area contributed by atoms with Gasteiger partial charge in [-0.3, -0.25) is 10.1 Å². The molecule has 1 unspecified atom stereocenters. The van der Waals surface area contributed by atoms with Gasteiger partial charge in [-0.05, 0) is 0 Å². The maximum Gasteiger partial charge on any atom is 0.233 e. The van der Waals surface area contributed by atoms with E-state index in [0.717, 1.165) is 0 Å². The number of rotatable bonds is 3. The summed E-state index contributed by atoms with van der Waals surface area (Å²) in [5, 5.41) is 12.1. The summed E-state index contributed by atoms with van der Waals surface area (Å²) in [7, 11) is 0. The second kappa shape index (κ2) is 3.06. The molecule has 1 atom stereocenters. The first-order valence-corrected chi connectivity index (χ1v) is 2.11. The van der Waals surface area contributed by atoms with Crippen LogP contribution in [0.2, 0.25) is 0 Å². The van der Waals surface area contributed by atoms with E-state index in [1.807, 2.05) is 0 Å². The van der Waals surface area contributed by atoms with Crippen LogP contribution in [0.15, 0.2) is 5.18 Å². The highest BCUT2D eigenvalue weighted by atomic mass is 16.6. The minimum Gasteiger partial charge on any atom is -0.264 e. The molecule has 0 amide bonds. The lowest BCUT2D eigenvalue weighted by Crippen LogP contribution is -2.17. The SMILES string of the molecule is CC(CN=O)[N+](=O)[O-]. The number of nitroso groups, excluding NO2 is 1. The van der Waals surface area contributed by atoms with Crippen LogP contribution < -0.4 is 0 Å². The number of hydrogen-bond donors (Lipinski definition) is 0. The standard InChI is InChI=1S/C3H6N2O3/c1-3(2-4-6)5(7)8/h3H,2H2,1H3. The van der Waals surface area contributed by atoms with Crippen molar-refractivity contribution in [3.8, 4) is 0 Å². The molecule has 0 aliphatic heterocycles. The Balaban J connectivity index is 3.46. The zero-order valence-corrected chi connectivity index (χ0v) is 4.40. The summed E-state index contributed by atoms with van der Waals surface area (Å²) in [6.45, 7) is 1.09. The lowest BCUT2D eigenvalue weighted by atomic mass is 10.4. The van der Waals surface area contributed by atoms with Crippen LogP contribution in [0, 0.1) is 15.0 Å². The van der Waals surface area contributed by atoms with Crippen molar-refractivity contribution in [2.45, 2.75) is 13.0 Å². The summed E-state index contributed by atoms with van der Waals surface area (Å²) in [6, 6.07) is -0.840. The Hall–Kier alpha value is -1.00. The van der Waals surface area contributed by atoms with Crippen LogP contribution in [0.25, 0.3) is 0 Å². The molecule has 0 rings (SSSR count). The third-order valence-electron chi connectivity index (χ3n) is 0.699. The number of nitrogens with zero attached hydrogens (tertiary/aromatic N) is 2. The number of nitro groups is 1. The molecule has 46 valence electrons. The molecule has 0 aromatic heterocycles. The molecule has 0 heterocycles. The molecule has 0 N–H and O–H groups in total. The molecule has 0 bridgehead atoms. The van der Waals surface area contributed by atoms with E-state index in [0.29, 0.717) is 0 Å². The van der Waals surface area contributed by atoms with E-state index in [1.54, 1.807) is 0 Å². The third-order valence-corrected chi connectivity index (χ3v) is 0.699. The first-order valence-electron chi connectivity index (χ1n) is 2.11. The van der Waals surface area contributed by atoms with Gasteiger partial charge in [-0.1, -0.05) is 5.18 Å². The van der Waals surface area contributed by atoms with Gasteiger partial charge in [-0.15, -0.1) is 0 Å². The zero-order valence-electron chi connectivity index (χ0n) is 4.40.